The van der Waals surface area contributed by atoms with Crippen molar-refractivity contribution in [3.63, 3.8) is 0 Å². The molecule has 1 atom stereocenters. The summed E-state index contributed by atoms with van der Waals surface area (Å²) in [5.41, 5.74) is 0. The Balaban J connectivity index is 0. The molecule has 0 fully saturated rings. The molecule has 0 amide bonds. The van der Waals surface area contributed by atoms with Gasteiger partial charge in [0.25, 0.3) is 0 Å². The quantitative estimate of drug-likeness (QED) is 0.387. The van der Waals surface area contributed by atoms with Crippen molar-refractivity contribution < 1.29 is 59.5 Å². The van der Waals surface area contributed by atoms with Gasteiger partial charge in [-0.2, -0.15) is 9.90 Å². The summed E-state index contributed by atoms with van der Waals surface area (Å²) in [5, 5.41) is 0. The summed E-state index contributed by atoms with van der Waals surface area (Å²) < 4.78 is 0. The Labute approximate surface area is 85.6 Å². The minimum atomic E-state index is 0. The molecule has 0 spiro atoms. The molecule has 0 bridgehead atoms. The van der Waals surface area contributed by atoms with Crippen molar-refractivity contribution in [1.29, 1.82) is 0 Å². The van der Waals surface area contributed by atoms with Gasteiger partial charge in [0.1, 0.15) is 0 Å². The standard InChI is InChI=1S/Al.Co.Ni.H3P.Zr.3H/h;;;1H3;;;;. The van der Waals surface area contributed by atoms with Gasteiger partial charge < -0.3 is 0 Å². The molecule has 1 radical (unpaired) electrons. The number of hydrogen-bond donors (Lipinski definition) is 0. The second-order valence-electron chi connectivity index (χ2n) is 0. The Bertz CT molecular complexity index is 11.6. The van der Waals surface area contributed by atoms with E-state index in [-0.39, 0.29) is 86.7 Å². The first-order valence-corrected chi connectivity index (χ1v) is 0. The van der Waals surface area contributed by atoms with Crippen LogP contribution in [-0.4, -0.2) is 17.4 Å². The molecule has 0 saturated heterocycles. The zero-order valence-corrected chi connectivity index (χ0v) is 7.76. The van der Waals surface area contributed by atoms with Crippen molar-refractivity contribution in [3.8, 4) is 0 Å². The molecule has 0 saturated carbocycles. The molecule has 0 aromatic rings. The molecule has 0 aliphatic rings. The topological polar surface area (TPSA) is 0 Å². The minimum absolute atomic E-state index is 0. The fraction of sp³-hybridized carbons (Fsp3) is 0. The fourth-order valence-electron chi connectivity index (χ4n) is 0. The van der Waals surface area contributed by atoms with E-state index in [1.807, 2.05) is 0 Å². The molecule has 0 aromatic carbocycles. The van der Waals surface area contributed by atoms with Crippen molar-refractivity contribution >= 4 is 27.3 Å². The van der Waals surface area contributed by atoms with Crippen LogP contribution in [0, 0.1) is 0 Å². The van der Waals surface area contributed by atoms with Crippen molar-refractivity contribution in [2.75, 3.05) is 0 Å². The van der Waals surface area contributed by atoms with E-state index in [9.17, 15) is 0 Å². The normalized spacial score (nSPS) is 0. The van der Waals surface area contributed by atoms with Gasteiger partial charge in [0.15, 0.2) is 17.4 Å². The van der Waals surface area contributed by atoms with E-state index in [0.29, 0.717) is 0 Å². The average Bonchev–Trinajstić information content (AvgIpc) is 0. The summed E-state index contributed by atoms with van der Waals surface area (Å²) in [6, 6.07) is 0. The van der Waals surface area contributed by atoms with Gasteiger partial charge in [0, 0.05) is 59.5 Å². The molecule has 5 heavy (non-hydrogen) atoms. The van der Waals surface area contributed by atoms with Crippen LogP contribution in [0.15, 0.2) is 0 Å². The second-order valence-corrected chi connectivity index (χ2v) is 0. The molecule has 37 valence electrons. The van der Waals surface area contributed by atoms with Gasteiger partial charge in [0.05, 0.1) is 0 Å². The molecule has 0 aliphatic heterocycles. The van der Waals surface area contributed by atoms with Crippen LogP contribution in [0.4, 0.5) is 0 Å². The zero-order valence-electron chi connectivity index (χ0n) is 1.86. The maximum absolute atomic E-state index is 0. The van der Waals surface area contributed by atoms with E-state index in [2.05, 4.69) is 0 Å². The molecule has 0 N–H and O–H groups in total. The third kappa shape index (κ3) is 19.8. The van der Waals surface area contributed by atoms with Crippen molar-refractivity contribution in [1.82, 2.24) is 0 Å². The van der Waals surface area contributed by atoms with Gasteiger partial charge in [-0.05, 0) is 0 Å². The first kappa shape index (κ1) is 45.4. The van der Waals surface area contributed by atoms with E-state index in [4.69, 9.17) is 0 Å². The van der Waals surface area contributed by atoms with Crippen molar-refractivity contribution in [2.45, 2.75) is 0 Å². The molecular weight excluding hydrogens is 267 g/mol. The zero-order chi connectivity index (χ0) is 0. The maximum Gasteiger partial charge on any atom is 0.187 e. The van der Waals surface area contributed by atoms with E-state index < -0.39 is 0 Å². The van der Waals surface area contributed by atoms with E-state index in [1.165, 1.54) is 0 Å². The summed E-state index contributed by atoms with van der Waals surface area (Å²) in [7, 11) is 0. The molecule has 0 rings (SSSR count). The SMILES string of the molecule is P.[AlH3].[Co].[Ni].[Zr]. The fourth-order valence-corrected chi connectivity index (χ4v) is 0. The first-order chi connectivity index (χ1) is 0. The molecule has 1 unspecified atom stereocenters. The Kier molecular flexibility index (Phi) is 262. The predicted octanol–water partition coefficient (Wildman–Crippen LogP) is -1.13. The van der Waals surface area contributed by atoms with Gasteiger partial charge in [0.2, 0.25) is 0 Å². The van der Waals surface area contributed by atoms with E-state index in [1.54, 1.807) is 0 Å². The summed E-state index contributed by atoms with van der Waals surface area (Å²) >= 11 is 0. The van der Waals surface area contributed by atoms with Gasteiger partial charge >= 0.3 is 0 Å². The molecular formula is H6AlCoNiPZr. The van der Waals surface area contributed by atoms with Crippen LogP contribution >= 0.6 is 9.90 Å². The maximum atomic E-state index is 0. The molecule has 0 aliphatic carbocycles. The van der Waals surface area contributed by atoms with Gasteiger partial charge in [-0.3, -0.25) is 0 Å². The van der Waals surface area contributed by atoms with Crippen LogP contribution in [0.25, 0.3) is 0 Å². The van der Waals surface area contributed by atoms with Crippen LogP contribution in [-0.2, 0) is 59.5 Å². The third-order valence-corrected chi connectivity index (χ3v) is 0. The van der Waals surface area contributed by atoms with Gasteiger partial charge in [-0.25, -0.2) is 0 Å². The summed E-state index contributed by atoms with van der Waals surface area (Å²) in [4.78, 5) is 0. The van der Waals surface area contributed by atoms with E-state index >= 15 is 0 Å². The monoisotopic (exact) mass is 271 g/mol. The number of rotatable bonds is 0. The summed E-state index contributed by atoms with van der Waals surface area (Å²) in [6.45, 7) is 0. The van der Waals surface area contributed by atoms with Crippen LogP contribution in [0.2, 0.25) is 0 Å². The third-order valence-electron chi connectivity index (χ3n) is 0. The Morgan fingerprint density at radius 3 is 1.00 bits per heavy atom. The van der Waals surface area contributed by atoms with Crippen LogP contribution in [0.5, 0.6) is 0 Å². The Morgan fingerprint density at radius 1 is 1.00 bits per heavy atom. The first-order valence-electron chi connectivity index (χ1n) is 0. The van der Waals surface area contributed by atoms with Crippen LogP contribution in [0.1, 0.15) is 0 Å². The molecule has 0 aromatic heterocycles. The molecule has 5 heteroatoms. The van der Waals surface area contributed by atoms with E-state index in [0.717, 1.165) is 0 Å². The average molecular weight is 273 g/mol. The van der Waals surface area contributed by atoms with Crippen molar-refractivity contribution in [2.24, 2.45) is 0 Å². The largest absolute Gasteiger partial charge is 0.187 e. The Hall–Kier alpha value is 2.85. The van der Waals surface area contributed by atoms with Gasteiger partial charge in [-0.1, -0.05) is 0 Å². The summed E-state index contributed by atoms with van der Waals surface area (Å²) in [6.07, 6.45) is 0. The second kappa shape index (κ2) is 28.9. The smallest absolute Gasteiger partial charge is 0.153 e. The molecule has 0 heterocycles. The summed E-state index contributed by atoms with van der Waals surface area (Å²) in [5.74, 6) is 0. The van der Waals surface area contributed by atoms with Gasteiger partial charge in [-0.15, -0.1) is 0 Å². The van der Waals surface area contributed by atoms with Crippen LogP contribution in [0.3, 0.4) is 0 Å². The predicted molar refractivity (Wildman–Crippen MR) is 21.0 cm³/mol. The number of hydrogen-bond acceptors (Lipinski definition) is 0. The minimum Gasteiger partial charge on any atom is -0.153 e. The van der Waals surface area contributed by atoms with Crippen LogP contribution < -0.4 is 0 Å². The Morgan fingerprint density at radius 2 is 1.00 bits per heavy atom. The van der Waals surface area contributed by atoms with Crippen molar-refractivity contribution in [3.05, 3.63) is 0 Å². The molecule has 0 nitrogen and oxygen atoms in total.